The van der Waals surface area contributed by atoms with Crippen molar-refractivity contribution >= 4 is 100 Å². The molecule has 4 heterocycles. The number of amides is 5. The Hall–Kier alpha value is -8.53. The fourth-order valence-corrected chi connectivity index (χ4v) is 16.5. The zero-order valence-corrected chi connectivity index (χ0v) is 64.8. The van der Waals surface area contributed by atoms with Gasteiger partial charge in [0.2, 0.25) is 35.2 Å². The van der Waals surface area contributed by atoms with Crippen molar-refractivity contribution in [3.8, 4) is 5.75 Å². The van der Waals surface area contributed by atoms with Gasteiger partial charge in [0.1, 0.15) is 30.1 Å². The van der Waals surface area contributed by atoms with E-state index in [1.165, 1.54) is 29.2 Å². The number of hydrogen-bond donors (Lipinski definition) is 11. The van der Waals surface area contributed by atoms with Crippen LogP contribution in [0.1, 0.15) is 133 Å². The molecule has 0 saturated carbocycles. The molecule has 0 radical (unpaired) electrons. The van der Waals surface area contributed by atoms with Crippen LogP contribution in [-0.2, 0) is 109 Å². The van der Waals surface area contributed by atoms with Gasteiger partial charge in [0.25, 0.3) is 40.5 Å². The number of unbranched alkanes of at least 4 members (excludes halogenated alkanes) is 2. The summed E-state index contributed by atoms with van der Waals surface area (Å²) >= 11 is 0. The minimum atomic E-state index is -4.63. The van der Waals surface area contributed by atoms with E-state index in [2.05, 4.69) is 21.3 Å². The number of ether oxygens (including phenoxy) is 3. The van der Waals surface area contributed by atoms with Gasteiger partial charge in [-0.05, 0) is 160 Å². The van der Waals surface area contributed by atoms with Crippen LogP contribution in [0.3, 0.4) is 0 Å². The Kier molecular flexibility index (Phi) is 28.6. The summed E-state index contributed by atoms with van der Waals surface area (Å²) < 4.78 is 156. The minimum absolute atomic E-state index is 0.0548. The molecular formula is C74H95BN7O24S4+. The normalized spacial score (nSPS) is 19.4. The number of carbonyl (C=O) groups excluding carboxylic acids is 5. The van der Waals surface area contributed by atoms with E-state index in [0.717, 1.165) is 5.56 Å². The monoisotopic (exact) mass is 1600 g/mol. The summed E-state index contributed by atoms with van der Waals surface area (Å²) in [4.78, 5) is 79.5. The Balaban J connectivity index is 0.798. The molecule has 0 bridgehead atoms. The highest BCUT2D eigenvalue weighted by Gasteiger charge is 2.47. The molecule has 5 aliphatic rings. The molecule has 4 atom stereocenters. The minimum Gasteiger partial charge on any atom is -0.480 e. The van der Waals surface area contributed by atoms with Crippen molar-refractivity contribution in [2.45, 2.75) is 163 Å². The van der Waals surface area contributed by atoms with Gasteiger partial charge >= 0.3 is 13.1 Å². The largest absolute Gasteiger partial charge is 0.480 e. The van der Waals surface area contributed by atoms with Gasteiger partial charge in [0.15, 0.2) is 5.71 Å². The van der Waals surface area contributed by atoms with E-state index < -0.39 is 118 Å². The van der Waals surface area contributed by atoms with Crippen LogP contribution in [0.4, 0.5) is 11.4 Å². The maximum absolute atomic E-state index is 13.1. The number of carboxylic acids is 1. The highest BCUT2D eigenvalue weighted by atomic mass is 32.2. The van der Waals surface area contributed by atoms with Crippen molar-refractivity contribution in [2.75, 3.05) is 69.0 Å². The number of nitrogens with zero attached hydrogens (tertiary/aromatic N) is 3. The second-order valence-electron chi connectivity index (χ2n) is 28.9. The molecule has 1 aliphatic carbocycles. The van der Waals surface area contributed by atoms with Crippen LogP contribution in [0, 0.1) is 5.92 Å². The SMILES string of the molecule is CC1(C)C(/C=C/C2=C(Oc3ccc(C[C@H](NC(=O)CCOCCOCCNC(=O)Cc4ccc(CNC(=O)C[C@@H]5C[C@@H](C(=O)N6CCC[C@H]6B(O)O)NC5=O)cc4)C(=O)O)cc3)C(=C/C=C3/N(CCCCS(=O)(=O)O)c4ccc(S(=O)(=O)O)cc4C3(C)C)/CCC2)=[N+](CCCCS(=O)(=O)O)c2ccc(S(=O)(=O)O)cc21. The van der Waals surface area contributed by atoms with Gasteiger partial charge < -0.3 is 60.4 Å². The first-order valence-electron chi connectivity index (χ1n) is 36.2. The van der Waals surface area contributed by atoms with Crippen LogP contribution in [0.25, 0.3) is 0 Å². The number of anilines is 1. The fraction of sp³-hybridized carbons (Fsp3) is 0.473. The van der Waals surface area contributed by atoms with Gasteiger partial charge in [0, 0.05) is 92.3 Å². The molecule has 11 N–H and O–H groups in total. The molecule has 4 aromatic carbocycles. The summed E-state index contributed by atoms with van der Waals surface area (Å²) in [5, 5.41) is 40.3. The Morgan fingerprint density at radius 3 is 1.99 bits per heavy atom. The molecule has 4 aliphatic heterocycles. The summed E-state index contributed by atoms with van der Waals surface area (Å²) in [6.45, 7) is 9.02. The highest BCUT2D eigenvalue weighted by Crippen LogP contribution is 2.49. The lowest BCUT2D eigenvalue weighted by atomic mass is 9.77. The van der Waals surface area contributed by atoms with E-state index in [0.29, 0.717) is 119 Å². The first kappa shape index (κ1) is 85.5. The molecule has 0 aromatic heterocycles. The Morgan fingerprint density at radius 2 is 1.34 bits per heavy atom. The summed E-state index contributed by atoms with van der Waals surface area (Å²) in [6, 6.07) is 19.9. The molecule has 0 unspecified atom stereocenters. The molecule has 2 fully saturated rings. The third kappa shape index (κ3) is 23.1. The number of fused-ring (bicyclic) bond motifs is 2. The number of likely N-dealkylation sites (tertiary alicyclic amines) is 1. The van der Waals surface area contributed by atoms with Crippen LogP contribution < -0.4 is 30.9 Å². The first-order valence-corrected chi connectivity index (χ1v) is 42.3. The average molecular weight is 1610 g/mol. The van der Waals surface area contributed by atoms with Crippen LogP contribution in [-0.4, -0.2) is 207 Å². The average Bonchev–Trinajstić information content (AvgIpc) is 1.59. The molecule has 2 saturated heterocycles. The Bertz CT molecular complexity index is 4760. The smallest absolute Gasteiger partial charge is 0.475 e. The zero-order valence-electron chi connectivity index (χ0n) is 61.5. The number of rotatable bonds is 38. The third-order valence-corrected chi connectivity index (χ3v) is 23.4. The number of benzene rings is 4. The van der Waals surface area contributed by atoms with E-state index >= 15 is 0 Å². The van der Waals surface area contributed by atoms with E-state index in [9.17, 15) is 95.8 Å². The van der Waals surface area contributed by atoms with E-state index in [1.54, 1.807) is 60.7 Å². The molecule has 110 heavy (non-hydrogen) atoms. The summed E-state index contributed by atoms with van der Waals surface area (Å²) in [7, 11) is -19.5. The van der Waals surface area contributed by atoms with Crippen molar-refractivity contribution in [3.63, 3.8) is 0 Å². The number of carboxylic acid groups (broad SMARTS) is 1. The molecule has 5 amide bonds. The summed E-state index contributed by atoms with van der Waals surface area (Å²) in [5.41, 5.74) is 5.21. The summed E-state index contributed by atoms with van der Waals surface area (Å²) in [6.07, 6.45) is 10.6. The van der Waals surface area contributed by atoms with Crippen LogP contribution in [0.15, 0.2) is 142 Å². The van der Waals surface area contributed by atoms with Crippen LogP contribution in [0.5, 0.6) is 5.75 Å². The fourth-order valence-electron chi connectivity index (χ4n) is 14.4. The Morgan fingerprint density at radius 1 is 0.700 bits per heavy atom. The van der Waals surface area contributed by atoms with Gasteiger partial charge in [-0.2, -0.15) is 38.2 Å². The van der Waals surface area contributed by atoms with Gasteiger partial charge in [-0.3, -0.25) is 42.2 Å². The van der Waals surface area contributed by atoms with Gasteiger partial charge in [-0.25, -0.2) is 4.79 Å². The predicted molar refractivity (Wildman–Crippen MR) is 404 cm³/mol. The predicted octanol–water partition coefficient (Wildman–Crippen LogP) is 4.98. The van der Waals surface area contributed by atoms with Gasteiger partial charge in [-0.1, -0.05) is 56.3 Å². The molecule has 596 valence electrons. The van der Waals surface area contributed by atoms with Gasteiger partial charge in [0.05, 0.1) is 65.5 Å². The van der Waals surface area contributed by atoms with E-state index in [1.807, 2.05) is 61.5 Å². The number of hydrogen-bond acceptors (Lipinski definition) is 20. The lowest BCUT2D eigenvalue weighted by Gasteiger charge is -2.27. The number of nitrogens with one attached hydrogen (secondary N) is 4. The molecule has 4 aromatic rings. The zero-order chi connectivity index (χ0) is 80.1. The lowest BCUT2D eigenvalue weighted by molar-refractivity contribution is -0.438. The molecule has 0 spiro atoms. The number of allylic oxidation sites excluding steroid dienone is 7. The molecular weight excluding hydrogens is 1510 g/mol. The molecule has 36 heteroatoms. The van der Waals surface area contributed by atoms with Gasteiger partial charge in [-0.15, -0.1) is 0 Å². The molecule has 31 nitrogen and oxygen atoms in total. The van der Waals surface area contributed by atoms with Crippen LogP contribution >= 0.6 is 0 Å². The van der Waals surface area contributed by atoms with Crippen molar-refractivity contribution in [1.29, 1.82) is 0 Å². The molecule has 9 rings (SSSR count). The Labute approximate surface area is 640 Å². The first-order chi connectivity index (χ1) is 51.8. The van der Waals surface area contributed by atoms with Crippen molar-refractivity contribution < 1.29 is 115 Å². The van der Waals surface area contributed by atoms with E-state index in [-0.39, 0.29) is 119 Å². The van der Waals surface area contributed by atoms with Crippen molar-refractivity contribution in [2.24, 2.45) is 5.92 Å². The quantitative estimate of drug-likeness (QED) is 0.0122. The maximum Gasteiger partial charge on any atom is 0.475 e. The second kappa shape index (κ2) is 36.8. The topological polar surface area (TPSA) is 466 Å². The van der Waals surface area contributed by atoms with Crippen LogP contribution in [0.2, 0.25) is 0 Å². The van der Waals surface area contributed by atoms with Crippen molar-refractivity contribution in [1.82, 2.24) is 26.2 Å². The number of carbonyl (C=O) groups is 6. The third-order valence-electron chi connectivity index (χ3n) is 20.1. The standard InChI is InChI=1S/C74H94BN7O24S4/c1-73(2)57-45-55(109(98,99)100)24-26-61(57)80(32-5-7-39-107(92,93)94)63(73)28-20-51-11-9-12-52(21-29-64-74(3,4)58-46-56(110(101,102)103)25-27-62(58)81(64)33-6-8-40-108(95,96)97)69(51)106-54-22-18-48(19-23-54)41-60(72(88)89)78-66(83)30-35-104-37-38-105-36-31-76-67(84)42-49-14-16-50(17-15-49)47-77-68(85)44-53-43-59(79-70(53)86)71(87)82-34-10-13-65(82)75(90)91/h14-29,45-46,53,59-60,65,90-91H,5-13,30-44,47H2,1-4H3,(H8-,76,77,78,79,83,84,85,86,88,89,92,93,94,95,96,97,98,99,100,101,102,103)/p+1/t53-,59-,60-,65-/m0/s1. The lowest BCUT2D eigenvalue weighted by Crippen LogP contribution is -2.51. The number of aliphatic carboxylic acids is 1. The summed E-state index contributed by atoms with van der Waals surface area (Å²) in [5.74, 6) is -5.04. The maximum atomic E-state index is 13.1. The van der Waals surface area contributed by atoms with E-state index in [4.69, 9.17) is 14.2 Å². The second-order valence-corrected chi connectivity index (χ2v) is 34.9. The highest BCUT2D eigenvalue weighted by molar-refractivity contribution is 7.86. The van der Waals surface area contributed by atoms with Crippen molar-refractivity contribution in [3.05, 3.63) is 160 Å².